The Labute approximate surface area is 106 Å². The number of carbonyl (C=O) groups excluding carboxylic acids is 3. The first-order valence-corrected chi connectivity index (χ1v) is 5.67. The molecule has 18 heavy (non-hydrogen) atoms. The van der Waals surface area contributed by atoms with Crippen LogP contribution >= 0.6 is 11.8 Å². The van der Waals surface area contributed by atoms with Crippen molar-refractivity contribution in [3.8, 4) is 0 Å². The normalized spacial score (nSPS) is 10.1. The van der Waals surface area contributed by atoms with Crippen LogP contribution < -0.4 is 17.2 Å². The van der Waals surface area contributed by atoms with E-state index < -0.39 is 17.8 Å². The lowest BCUT2D eigenvalue weighted by molar-refractivity contribution is -0.137. The molecule has 9 heteroatoms. The van der Waals surface area contributed by atoms with Crippen LogP contribution in [0.3, 0.4) is 0 Å². The van der Waals surface area contributed by atoms with E-state index in [1.165, 1.54) is 7.11 Å². The molecule has 0 unspecified atom stereocenters. The molecule has 0 bridgehead atoms. The van der Waals surface area contributed by atoms with Gasteiger partial charge in [0.2, 0.25) is 0 Å². The van der Waals surface area contributed by atoms with Crippen LogP contribution in [-0.2, 0) is 9.53 Å². The zero-order valence-electron chi connectivity index (χ0n) is 9.48. The average molecular weight is 272 g/mol. The van der Waals surface area contributed by atoms with Crippen LogP contribution in [0.25, 0.3) is 0 Å². The van der Waals surface area contributed by atoms with Crippen LogP contribution in [0.15, 0.2) is 5.03 Å². The number of ether oxygens (including phenoxy) is 1. The van der Waals surface area contributed by atoms with Crippen LogP contribution in [0.2, 0.25) is 0 Å². The molecule has 1 aromatic heterocycles. The van der Waals surface area contributed by atoms with Gasteiger partial charge < -0.3 is 26.9 Å². The first kappa shape index (κ1) is 13.9. The van der Waals surface area contributed by atoms with E-state index in [2.05, 4.69) is 9.72 Å². The molecule has 98 valence electrons. The number of aromatic nitrogens is 1. The van der Waals surface area contributed by atoms with Crippen molar-refractivity contribution in [2.24, 2.45) is 11.5 Å². The number of amides is 2. The Hall–Kier alpha value is -2.16. The van der Waals surface area contributed by atoms with Crippen molar-refractivity contribution < 1.29 is 19.1 Å². The molecule has 0 spiro atoms. The molecule has 0 saturated heterocycles. The number of hydrogen-bond acceptors (Lipinski definition) is 6. The molecule has 0 atom stereocenters. The molecule has 1 aromatic rings. The van der Waals surface area contributed by atoms with Gasteiger partial charge in [0.1, 0.15) is 5.82 Å². The van der Waals surface area contributed by atoms with Gasteiger partial charge >= 0.3 is 5.97 Å². The van der Waals surface area contributed by atoms with Gasteiger partial charge in [-0.25, -0.2) is 0 Å². The smallest absolute Gasteiger partial charge is 0.316 e. The van der Waals surface area contributed by atoms with Gasteiger partial charge in [-0.05, 0) is 0 Å². The molecule has 0 aliphatic rings. The number of nitrogens with one attached hydrogen (secondary N) is 1. The molecule has 0 aromatic carbocycles. The Bertz CT molecular complexity index is 511. The lowest BCUT2D eigenvalue weighted by atomic mass is 10.1. The summed E-state index contributed by atoms with van der Waals surface area (Å²) in [5.74, 6) is -2.35. The van der Waals surface area contributed by atoms with Gasteiger partial charge in [0.25, 0.3) is 11.8 Å². The summed E-state index contributed by atoms with van der Waals surface area (Å²) in [5, 5.41) is 0.208. The number of nitrogen functional groups attached to an aromatic ring is 1. The van der Waals surface area contributed by atoms with Gasteiger partial charge in [-0.15, -0.1) is 0 Å². The van der Waals surface area contributed by atoms with E-state index in [9.17, 15) is 14.4 Å². The van der Waals surface area contributed by atoms with Crippen molar-refractivity contribution in [1.29, 1.82) is 0 Å². The second-order valence-corrected chi connectivity index (χ2v) is 4.20. The van der Waals surface area contributed by atoms with E-state index in [1.807, 2.05) is 0 Å². The van der Waals surface area contributed by atoms with E-state index in [0.717, 1.165) is 11.8 Å². The summed E-state index contributed by atoms with van der Waals surface area (Å²) in [6.07, 6.45) is 0. The third-order valence-electron chi connectivity index (χ3n) is 2.05. The first-order valence-electron chi connectivity index (χ1n) is 4.69. The van der Waals surface area contributed by atoms with Crippen LogP contribution in [-0.4, -0.2) is 35.6 Å². The number of primary amides is 2. The minimum atomic E-state index is -0.873. The summed E-state index contributed by atoms with van der Waals surface area (Å²) in [5.41, 5.74) is 15.5. The molecule has 0 fully saturated rings. The number of anilines is 1. The largest absolute Gasteiger partial charge is 0.468 e. The summed E-state index contributed by atoms with van der Waals surface area (Å²) < 4.78 is 4.44. The maximum Gasteiger partial charge on any atom is 0.316 e. The third kappa shape index (κ3) is 2.74. The Morgan fingerprint density at radius 2 is 1.78 bits per heavy atom. The second kappa shape index (κ2) is 5.45. The standard InChI is InChI=1S/C9H12N4O4S/c1-17-3(14)2-18-9-5(8(12)16)4(7(11)15)6(10)13-9/h13H,2,10H2,1H3,(H2,11,15)(H2,12,16). The SMILES string of the molecule is COC(=O)CSc1[nH]c(N)c(C(N)=O)c1C(N)=O. The third-order valence-corrected chi connectivity index (χ3v) is 3.02. The number of aromatic amines is 1. The van der Waals surface area contributed by atoms with E-state index in [4.69, 9.17) is 17.2 Å². The molecule has 0 radical (unpaired) electrons. The molecule has 0 aliphatic heterocycles. The Balaban J connectivity index is 3.12. The lowest BCUT2D eigenvalue weighted by Crippen LogP contribution is -2.20. The molecule has 1 rings (SSSR count). The predicted molar refractivity (Wildman–Crippen MR) is 65.0 cm³/mol. The summed E-state index contributed by atoms with van der Waals surface area (Å²) >= 11 is 0.942. The minimum Gasteiger partial charge on any atom is -0.468 e. The van der Waals surface area contributed by atoms with Gasteiger partial charge in [-0.3, -0.25) is 14.4 Å². The number of esters is 1. The molecule has 8 nitrogen and oxygen atoms in total. The maximum absolute atomic E-state index is 11.3. The molecule has 2 amide bonds. The summed E-state index contributed by atoms with van der Waals surface area (Å²) in [6.45, 7) is 0. The highest BCUT2D eigenvalue weighted by Crippen LogP contribution is 2.28. The molecule has 0 saturated carbocycles. The highest BCUT2D eigenvalue weighted by Gasteiger charge is 2.24. The summed E-state index contributed by atoms with van der Waals surface area (Å²) in [7, 11) is 1.23. The number of carbonyl (C=O) groups is 3. The number of rotatable bonds is 5. The molecule has 0 aliphatic carbocycles. The summed E-state index contributed by atoms with van der Waals surface area (Å²) in [6, 6.07) is 0. The number of H-pyrrole nitrogens is 1. The highest BCUT2D eigenvalue weighted by molar-refractivity contribution is 8.00. The summed E-state index contributed by atoms with van der Waals surface area (Å²) in [4.78, 5) is 36.0. The van der Waals surface area contributed by atoms with Crippen molar-refractivity contribution in [2.75, 3.05) is 18.6 Å². The van der Waals surface area contributed by atoms with E-state index >= 15 is 0 Å². The second-order valence-electron chi connectivity index (χ2n) is 3.21. The molecular weight excluding hydrogens is 260 g/mol. The number of methoxy groups -OCH3 is 1. The van der Waals surface area contributed by atoms with E-state index in [1.54, 1.807) is 0 Å². The predicted octanol–water partition coefficient (Wildman–Crippen LogP) is -0.940. The Kier molecular flexibility index (Phi) is 4.21. The van der Waals surface area contributed by atoms with Crippen LogP contribution in [0, 0.1) is 0 Å². The number of thioether (sulfide) groups is 1. The van der Waals surface area contributed by atoms with Crippen molar-refractivity contribution in [2.45, 2.75) is 5.03 Å². The lowest BCUT2D eigenvalue weighted by Gasteiger charge is -2.01. The number of hydrogen-bond donors (Lipinski definition) is 4. The Morgan fingerprint density at radius 3 is 2.22 bits per heavy atom. The van der Waals surface area contributed by atoms with Crippen molar-refractivity contribution in [3.63, 3.8) is 0 Å². The average Bonchev–Trinajstić information content (AvgIpc) is 2.63. The van der Waals surface area contributed by atoms with Gasteiger partial charge in [0.15, 0.2) is 0 Å². The van der Waals surface area contributed by atoms with Crippen molar-refractivity contribution >= 4 is 35.4 Å². The van der Waals surface area contributed by atoms with Crippen LogP contribution in [0.1, 0.15) is 20.7 Å². The van der Waals surface area contributed by atoms with Crippen LogP contribution in [0.4, 0.5) is 5.82 Å². The molecular formula is C9H12N4O4S. The maximum atomic E-state index is 11.3. The fourth-order valence-electron chi connectivity index (χ4n) is 1.28. The highest BCUT2D eigenvalue weighted by atomic mass is 32.2. The van der Waals surface area contributed by atoms with Crippen molar-refractivity contribution in [1.82, 2.24) is 4.98 Å². The minimum absolute atomic E-state index is 0.0606. The molecule has 7 N–H and O–H groups in total. The number of nitrogens with two attached hydrogens (primary N) is 3. The molecule has 1 heterocycles. The fraction of sp³-hybridized carbons (Fsp3) is 0.222. The van der Waals surface area contributed by atoms with Gasteiger partial charge in [0.05, 0.1) is 29.0 Å². The Morgan fingerprint density at radius 1 is 1.22 bits per heavy atom. The topological polar surface area (TPSA) is 154 Å². The van der Waals surface area contributed by atoms with Gasteiger partial charge in [-0.1, -0.05) is 11.8 Å². The quantitative estimate of drug-likeness (QED) is 0.400. The van der Waals surface area contributed by atoms with Gasteiger partial charge in [-0.2, -0.15) is 0 Å². The van der Waals surface area contributed by atoms with E-state index in [-0.39, 0.29) is 27.7 Å². The zero-order valence-corrected chi connectivity index (χ0v) is 10.3. The monoisotopic (exact) mass is 272 g/mol. The van der Waals surface area contributed by atoms with Crippen LogP contribution in [0.5, 0.6) is 0 Å². The van der Waals surface area contributed by atoms with Gasteiger partial charge in [0, 0.05) is 0 Å². The van der Waals surface area contributed by atoms with E-state index in [0.29, 0.717) is 0 Å². The first-order chi connectivity index (χ1) is 8.38. The fourth-order valence-corrected chi connectivity index (χ4v) is 2.19. The van der Waals surface area contributed by atoms with Crippen molar-refractivity contribution in [3.05, 3.63) is 11.1 Å². The zero-order chi connectivity index (χ0) is 13.9.